The van der Waals surface area contributed by atoms with Crippen molar-refractivity contribution in [2.24, 2.45) is 0 Å². The van der Waals surface area contributed by atoms with Crippen LogP contribution in [0.4, 0.5) is 5.69 Å². The number of benzene rings is 1. The van der Waals surface area contributed by atoms with Crippen LogP contribution in [-0.4, -0.2) is 30.6 Å². The molecule has 0 saturated carbocycles. The molecule has 1 heterocycles. The maximum atomic E-state index is 12.5. The van der Waals surface area contributed by atoms with Crippen molar-refractivity contribution in [3.05, 3.63) is 29.3 Å². The van der Waals surface area contributed by atoms with E-state index in [1.807, 2.05) is 30.1 Å². The molecular weight excluding hydrogens is 250 g/mol. The molecule has 0 unspecified atom stereocenters. The number of hydrogen-bond donors (Lipinski definition) is 2. The monoisotopic (exact) mass is 275 g/mol. The van der Waals surface area contributed by atoms with Crippen LogP contribution in [-0.2, 0) is 0 Å². The first kappa shape index (κ1) is 14.9. The number of aryl methyl sites for hydroxylation is 1. The molecule has 0 radical (unpaired) electrons. The number of nitrogens with zero attached hydrogens (tertiary/aromatic N) is 1. The van der Waals surface area contributed by atoms with Crippen molar-refractivity contribution in [2.45, 2.75) is 39.5 Å². The second-order valence-electron chi connectivity index (χ2n) is 5.46. The lowest BCUT2D eigenvalue weighted by molar-refractivity contribution is 0.0751. The molecule has 0 bridgehead atoms. The van der Waals surface area contributed by atoms with E-state index in [2.05, 4.69) is 17.7 Å². The van der Waals surface area contributed by atoms with Gasteiger partial charge in [-0.3, -0.25) is 10.2 Å². The van der Waals surface area contributed by atoms with E-state index in [1.54, 1.807) is 0 Å². The maximum Gasteiger partial charge on any atom is 0.267 e. The molecule has 1 saturated heterocycles. The summed E-state index contributed by atoms with van der Waals surface area (Å²) in [5, 5.41) is 5.37. The topological polar surface area (TPSA) is 44.4 Å². The minimum absolute atomic E-state index is 0.00537. The zero-order valence-electron chi connectivity index (χ0n) is 12.5. The number of hydrogen-bond acceptors (Lipinski definition) is 3. The third-order valence-corrected chi connectivity index (χ3v) is 3.60. The lowest BCUT2D eigenvalue weighted by Gasteiger charge is -2.27. The predicted molar refractivity (Wildman–Crippen MR) is 82.8 cm³/mol. The molecule has 20 heavy (non-hydrogen) atoms. The Morgan fingerprint density at radius 2 is 2.00 bits per heavy atom. The first-order chi connectivity index (χ1) is 9.70. The van der Waals surface area contributed by atoms with Gasteiger partial charge in [-0.1, -0.05) is 25.0 Å². The van der Waals surface area contributed by atoms with Gasteiger partial charge in [0.2, 0.25) is 0 Å². The first-order valence-corrected chi connectivity index (χ1v) is 7.61. The fourth-order valence-electron chi connectivity index (χ4n) is 2.47. The smallest absolute Gasteiger partial charge is 0.267 e. The number of piperidine rings is 1. The van der Waals surface area contributed by atoms with Gasteiger partial charge in [0.15, 0.2) is 0 Å². The van der Waals surface area contributed by atoms with Crippen LogP contribution in [0.2, 0.25) is 0 Å². The van der Waals surface area contributed by atoms with Crippen LogP contribution in [0, 0.1) is 6.92 Å². The van der Waals surface area contributed by atoms with E-state index < -0.39 is 0 Å². The Kier molecular flexibility index (Phi) is 5.41. The summed E-state index contributed by atoms with van der Waals surface area (Å²) in [5.41, 5.74) is 5.80. The van der Waals surface area contributed by atoms with Crippen LogP contribution >= 0.6 is 0 Å². The molecule has 0 aromatic heterocycles. The highest BCUT2D eigenvalue weighted by Crippen LogP contribution is 2.18. The van der Waals surface area contributed by atoms with Crippen LogP contribution in [0.15, 0.2) is 18.2 Å². The van der Waals surface area contributed by atoms with E-state index in [0.717, 1.165) is 55.7 Å². The van der Waals surface area contributed by atoms with Crippen LogP contribution in [0.5, 0.6) is 0 Å². The van der Waals surface area contributed by atoms with Crippen molar-refractivity contribution in [2.75, 3.05) is 25.0 Å². The summed E-state index contributed by atoms with van der Waals surface area (Å²) in [7, 11) is 0. The average molecular weight is 275 g/mol. The Hall–Kier alpha value is -1.55. The zero-order valence-corrected chi connectivity index (χ0v) is 12.5. The van der Waals surface area contributed by atoms with E-state index in [0.29, 0.717) is 0 Å². The molecule has 1 aromatic rings. The number of amides is 1. The van der Waals surface area contributed by atoms with E-state index in [9.17, 15) is 4.79 Å². The average Bonchev–Trinajstić information content (AvgIpc) is 2.47. The molecular formula is C16H25N3O. The van der Waals surface area contributed by atoms with Gasteiger partial charge in [0.25, 0.3) is 5.91 Å². The summed E-state index contributed by atoms with van der Waals surface area (Å²) in [5.74, 6) is -0.00537. The Morgan fingerprint density at radius 1 is 1.25 bits per heavy atom. The molecule has 2 N–H and O–H groups in total. The lowest BCUT2D eigenvalue weighted by Crippen LogP contribution is -2.45. The molecule has 1 aliphatic heterocycles. The quantitative estimate of drug-likeness (QED) is 0.868. The Balaban J connectivity index is 2.08. The number of carbonyl (C=O) groups excluding carboxylic acids is 1. The second-order valence-corrected chi connectivity index (χ2v) is 5.46. The highest BCUT2D eigenvalue weighted by molar-refractivity contribution is 5.99. The summed E-state index contributed by atoms with van der Waals surface area (Å²) in [6.07, 6.45) is 4.63. The highest BCUT2D eigenvalue weighted by Gasteiger charge is 2.16. The van der Waals surface area contributed by atoms with Crippen LogP contribution < -0.4 is 10.7 Å². The first-order valence-electron chi connectivity index (χ1n) is 7.61. The van der Waals surface area contributed by atoms with Gasteiger partial charge in [-0.25, -0.2) is 5.01 Å². The zero-order chi connectivity index (χ0) is 14.4. The number of carbonyl (C=O) groups is 1. The van der Waals surface area contributed by atoms with Gasteiger partial charge < -0.3 is 5.32 Å². The van der Waals surface area contributed by atoms with Gasteiger partial charge in [0.1, 0.15) is 0 Å². The fourth-order valence-corrected chi connectivity index (χ4v) is 2.47. The van der Waals surface area contributed by atoms with Crippen molar-refractivity contribution in [3.63, 3.8) is 0 Å². The van der Waals surface area contributed by atoms with Gasteiger partial charge >= 0.3 is 0 Å². The Labute approximate surface area is 121 Å². The Morgan fingerprint density at radius 3 is 2.70 bits per heavy atom. The van der Waals surface area contributed by atoms with E-state index in [-0.39, 0.29) is 5.91 Å². The van der Waals surface area contributed by atoms with Gasteiger partial charge in [0.05, 0.1) is 5.56 Å². The highest BCUT2D eigenvalue weighted by atomic mass is 16.2. The third-order valence-electron chi connectivity index (χ3n) is 3.60. The predicted octanol–water partition coefficient (Wildman–Crippen LogP) is 2.95. The van der Waals surface area contributed by atoms with Crippen LogP contribution in [0.3, 0.4) is 0 Å². The van der Waals surface area contributed by atoms with Crippen molar-refractivity contribution in [1.82, 2.24) is 10.4 Å². The number of hydrazine groups is 1. The largest absolute Gasteiger partial charge is 0.384 e. The second kappa shape index (κ2) is 7.29. The molecule has 0 aliphatic carbocycles. The normalized spacial score (nSPS) is 15.9. The molecule has 1 fully saturated rings. The summed E-state index contributed by atoms with van der Waals surface area (Å²) in [6, 6.07) is 5.99. The van der Waals surface area contributed by atoms with Crippen molar-refractivity contribution >= 4 is 11.6 Å². The molecule has 1 aliphatic rings. The summed E-state index contributed by atoms with van der Waals surface area (Å²) in [6.45, 7) is 6.92. The van der Waals surface area contributed by atoms with Crippen molar-refractivity contribution < 1.29 is 4.79 Å². The molecule has 1 aromatic carbocycles. The minimum Gasteiger partial charge on any atom is -0.384 e. The van der Waals surface area contributed by atoms with Crippen LogP contribution in [0.1, 0.15) is 48.5 Å². The van der Waals surface area contributed by atoms with Crippen molar-refractivity contribution in [1.29, 1.82) is 0 Å². The third kappa shape index (κ3) is 3.97. The molecule has 1 amide bonds. The molecule has 2 rings (SSSR count). The van der Waals surface area contributed by atoms with E-state index in [1.165, 1.54) is 6.42 Å². The Bertz CT molecular complexity index is 453. The number of anilines is 1. The lowest BCUT2D eigenvalue weighted by atomic mass is 10.1. The van der Waals surface area contributed by atoms with Gasteiger partial charge in [-0.15, -0.1) is 0 Å². The minimum atomic E-state index is -0.00537. The number of rotatable bonds is 5. The van der Waals surface area contributed by atoms with Gasteiger partial charge in [-0.2, -0.15) is 0 Å². The SMILES string of the molecule is CCCNc1ccc(C)cc1C(=O)NN1CCCCC1. The summed E-state index contributed by atoms with van der Waals surface area (Å²) >= 11 is 0. The van der Waals surface area contributed by atoms with Crippen molar-refractivity contribution in [3.8, 4) is 0 Å². The fraction of sp³-hybridized carbons (Fsp3) is 0.562. The molecule has 110 valence electrons. The van der Waals surface area contributed by atoms with Gasteiger partial charge in [0, 0.05) is 25.3 Å². The van der Waals surface area contributed by atoms with Gasteiger partial charge in [-0.05, 0) is 38.3 Å². The van der Waals surface area contributed by atoms with E-state index in [4.69, 9.17) is 0 Å². The molecule has 4 nitrogen and oxygen atoms in total. The summed E-state index contributed by atoms with van der Waals surface area (Å²) < 4.78 is 0. The molecule has 0 spiro atoms. The molecule has 4 heteroatoms. The number of nitrogens with one attached hydrogen (secondary N) is 2. The molecule has 0 atom stereocenters. The standard InChI is InChI=1S/C16H25N3O/c1-3-9-17-15-8-7-13(2)12-14(15)16(20)18-19-10-5-4-6-11-19/h7-8,12,17H,3-6,9-11H2,1-2H3,(H,18,20). The summed E-state index contributed by atoms with van der Waals surface area (Å²) in [4.78, 5) is 12.5. The van der Waals surface area contributed by atoms with E-state index >= 15 is 0 Å². The maximum absolute atomic E-state index is 12.5. The van der Waals surface area contributed by atoms with Crippen LogP contribution in [0.25, 0.3) is 0 Å².